The Hall–Kier alpha value is -0.650. The Morgan fingerprint density at radius 1 is 1.29 bits per heavy atom. The molecule has 0 aliphatic heterocycles. The molecular weight excluding hydrogens is 289 g/mol. The molecule has 3 nitrogen and oxygen atoms in total. The Morgan fingerprint density at radius 2 is 1.93 bits per heavy atom. The summed E-state index contributed by atoms with van der Waals surface area (Å²) in [6, 6.07) is 1.97. The van der Waals surface area contributed by atoms with Crippen LogP contribution < -0.4 is 0 Å². The van der Waals surface area contributed by atoms with Crippen molar-refractivity contribution in [2.24, 2.45) is 0 Å². The Kier molecular flexibility index (Phi) is 5.68. The van der Waals surface area contributed by atoms with E-state index in [1.54, 1.807) is 0 Å². The third-order valence-electron chi connectivity index (χ3n) is 1.62. The summed E-state index contributed by atoms with van der Waals surface area (Å²) in [6.07, 6.45) is 1.81. The molecule has 0 amide bonds. The number of nitrogens with zero attached hydrogens (tertiary/aromatic N) is 2. The zero-order valence-corrected chi connectivity index (χ0v) is 11.3. The van der Waals surface area contributed by atoms with Crippen LogP contribution in [-0.2, 0) is 0 Å². The van der Waals surface area contributed by atoms with Gasteiger partial charge in [0, 0.05) is 7.12 Å². The van der Waals surface area contributed by atoms with E-state index in [1.807, 2.05) is 40.0 Å². The van der Waals surface area contributed by atoms with Crippen molar-refractivity contribution in [3.8, 4) is 0 Å². The second-order valence-corrected chi connectivity index (χ2v) is 2.67. The van der Waals surface area contributed by atoms with Crippen LogP contribution in [0.4, 0.5) is 0 Å². The van der Waals surface area contributed by atoms with Gasteiger partial charge in [-0.15, -0.1) is 24.0 Å². The fourth-order valence-corrected chi connectivity index (χ4v) is 1.14. The number of halogens is 1. The Labute approximate surface area is 103 Å². The van der Waals surface area contributed by atoms with Gasteiger partial charge in [0.05, 0.1) is 17.2 Å². The van der Waals surface area contributed by atoms with E-state index in [1.165, 1.54) is 0 Å². The molecule has 0 saturated heterocycles. The molecule has 0 aliphatic carbocycles. The zero-order chi connectivity index (χ0) is 9.84. The first kappa shape index (κ1) is 13.4. The van der Waals surface area contributed by atoms with Gasteiger partial charge in [0.2, 0.25) is 0 Å². The molecule has 80 valence electrons. The summed E-state index contributed by atoms with van der Waals surface area (Å²) in [6.45, 7) is 7.90. The highest BCUT2D eigenvalue weighted by Crippen LogP contribution is 2.09. The van der Waals surface area contributed by atoms with Gasteiger partial charge in [-0.2, -0.15) is 0 Å². The van der Waals surface area contributed by atoms with Crippen LogP contribution in [0.3, 0.4) is 0 Å². The quantitative estimate of drug-likeness (QED) is 0.757. The van der Waals surface area contributed by atoms with Crippen LogP contribution in [0.1, 0.15) is 26.8 Å². The molecule has 0 bridgehead atoms. The molecule has 2 rings (SSSR count). The minimum absolute atomic E-state index is 0. The Bertz CT molecular complexity index is 400. The molecule has 0 aliphatic rings. The van der Waals surface area contributed by atoms with E-state index in [-0.39, 0.29) is 25.4 Å². The lowest BCUT2D eigenvalue weighted by Gasteiger charge is -1.88. The van der Waals surface area contributed by atoms with Crippen LogP contribution in [0, 0.1) is 13.8 Å². The fraction of sp³-hybridized carbons (Fsp3) is 0.400. The molecule has 0 atom stereocenters. The Balaban J connectivity index is 0. The summed E-state index contributed by atoms with van der Waals surface area (Å²) in [4.78, 5) is 11.5. The average molecular weight is 307 g/mol. The minimum Gasteiger partial charge on any atom is -0.341 e. The number of aryl methyl sites for hydroxylation is 2. The number of pyridine rings is 1. The van der Waals surface area contributed by atoms with Crippen molar-refractivity contribution in [1.82, 2.24) is 15.0 Å². The minimum atomic E-state index is 0. The standard InChI is InChI=1S/C8H9N3.C2H6.HI.H2/c1-5-3-7-8(4-9-5)11-6(2)10-7;1-2;;/h3-4H,1-2H3,(H,10,11);1-2H3;2*1H. The smallest absolute Gasteiger partial charge is 0.104 e. The number of rotatable bonds is 0. The molecule has 4 heteroatoms. The van der Waals surface area contributed by atoms with E-state index in [0.717, 1.165) is 22.6 Å². The third-order valence-corrected chi connectivity index (χ3v) is 1.62. The maximum absolute atomic E-state index is 4.28. The fourth-order valence-electron chi connectivity index (χ4n) is 1.14. The number of H-pyrrole nitrogens is 1. The van der Waals surface area contributed by atoms with Crippen LogP contribution in [-0.4, -0.2) is 15.0 Å². The summed E-state index contributed by atoms with van der Waals surface area (Å²) in [5, 5.41) is 0. The first-order valence-corrected chi connectivity index (χ1v) is 4.55. The van der Waals surface area contributed by atoms with Crippen molar-refractivity contribution in [3.63, 3.8) is 0 Å². The van der Waals surface area contributed by atoms with Crippen LogP contribution in [0.25, 0.3) is 11.0 Å². The lowest BCUT2D eigenvalue weighted by atomic mass is 10.3. The number of aromatic amines is 1. The largest absolute Gasteiger partial charge is 0.341 e. The van der Waals surface area contributed by atoms with Crippen molar-refractivity contribution in [2.75, 3.05) is 0 Å². The molecule has 2 aromatic heterocycles. The number of fused-ring (bicyclic) bond motifs is 1. The number of hydrogen-bond donors (Lipinski definition) is 1. The predicted octanol–water partition coefficient (Wildman–Crippen LogP) is 3.46. The van der Waals surface area contributed by atoms with Crippen molar-refractivity contribution >= 4 is 35.0 Å². The number of hydrogen-bond acceptors (Lipinski definition) is 2. The molecule has 1 N–H and O–H groups in total. The average Bonchev–Trinajstić information content (AvgIpc) is 2.48. The molecule has 14 heavy (non-hydrogen) atoms. The third kappa shape index (κ3) is 2.94. The molecule has 2 heterocycles. The second kappa shape index (κ2) is 5.95. The number of aromatic nitrogens is 3. The highest BCUT2D eigenvalue weighted by molar-refractivity contribution is 14.0. The summed E-state index contributed by atoms with van der Waals surface area (Å²) in [7, 11) is 0. The molecule has 0 saturated carbocycles. The molecular formula is C10H18IN3. The number of imidazole rings is 1. The predicted molar refractivity (Wildman–Crippen MR) is 72.2 cm³/mol. The Morgan fingerprint density at radius 3 is 2.57 bits per heavy atom. The summed E-state index contributed by atoms with van der Waals surface area (Å²) < 4.78 is 0. The van der Waals surface area contributed by atoms with Gasteiger partial charge in [0.1, 0.15) is 5.82 Å². The van der Waals surface area contributed by atoms with E-state index < -0.39 is 0 Å². The summed E-state index contributed by atoms with van der Waals surface area (Å²) in [5.41, 5.74) is 3.01. The van der Waals surface area contributed by atoms with Crippen LogP contribution in [0.15, 0.2) is 12.3 Å². The maximum Gasteiger partial charge on any atom is 0.104 e. The number of nitrogens with one attached hydrogen (secondary N) is 1. The van der Waals surface area contributed by atoms with Gasteiger partial charge in [-0.3, -0.25) is 4.98 Å². The first-order valence-electron chi connectivity index (χ1n) is 4.55. The topological polar surface area (TPSA) is 41.6 Å². The van der Waals surface area contributed by atoms with Gasteiger partial charge in [0.25, 0.3) is 0 Å². The summed E-state index contributed by atoms with van der Waals surface area (Å²) in [5.74, 6) is 0.937. The molecule has 0 unspecified atom stereocenters. The van der Waals surface area contributed by atoms with Gasteiger partial charge in [-0.1, -0.05) is 13.8 Å². The molecule has 0 fully saturated rings. The van der Waals surface area contributed by atoms with E-state index in [4.69, 9.17) is 0 Å². The summed E-state index contributed by atoms with van der Waals surface area (Å²) >= 11 is 0. The van der Waals surface area contributed by atoms with Crippen molar-refractivity contribution in [3.05, 3.63) is 23.8 Å². The van der Waals surface area contributed by atoms with Gasteiger partial charge in [-0.05, 0) is 19.9 Å². The van der Waals surface area contributed by atoms with Gasteiger partial charge >= 0.3 is 0 Å². The van der Waals surface area contributed by atoms with Crippen molar-refractivity contribution in [2.45, 2.75) is 27.7 Å². The van der Waals surface area contributed by atoms with Crippen LogP contribution in [0.2, 0.25) is 0 Å². The molecule has 2 aromatic rings. The van der Waals surface area contributed by atoms with E-state index in [9.17, 15) is 0 Å². The van der Waals surface area contributed by atoms with E-state index in [0.29, 0.717) is 0 Å². The van der Waals surface area contributed by atoms with Crippen molar-refractivity contribution in [1.29, 1.82) is 0 Å². The first-order chi connectivity index (χ1) is 6.25. The van der Waals surface area contributed by atoms with Crippen LogP contribution in [0.5, 0.6) is 0 Å². The highest BCUT2D eigenvalue weighted by Gasteiger charge is 1.97. The van der Waals surface area contributed by atoms with Gasteiger partial charge < -0.3 is 4.98 Å². The van der Waals surface area contributed by atoms with E-state index in [2.05, 4.69) is 15.0 Å². The molecule has 0 spiro atoms. The SMILES string of the molecule is CC.Cc1cc2nc(C)[nH]c2cn1.I.[HH]. The normalized spacial score (nSPS) is 8.86. The lowest BCUT2D eigenvalue weighted by Crippen LogP contribution is -1.78. The molecule has 0 aromatic carbocycles. The maximum atomic E-state index is 4.28. The van der Waals surface area contributed by atoms with Crippen molar-refractivity contribution < 1.29 is 1.43 Å². The van der Waals surface area contributed by atoms with Gasteiger partial charge in [-0.25, -0.2) is 4.98 Å². The van der Waals surface area contributed by atoms with Crippen LogP contribution >= 0.6 is 24.0 Å². The lowest BCUT2D eigenvalue weighted by molar-refractivity contribution is 1.17. The monoisotopic (exact) mass is 307 g/mol. The van der Waals surface area contributed by atoms with E-state index >= 15 is 0 Å². The second-order valence-electron chi connectivity index (χ2n) is 2.67. The zero-order valence-electron chi connectivity index (χ0n) is 8.96. The highest BCUT2D eigenvalue weighted by atomic mass is 127. The molecule has 0 radical (unpaired) electrons. The van der Waals surface area contributed by atoms with Gasteiger partial charge in [0.15, 0.2) is 0 Å².